The molecule has 66 valence electrons. The summed E-state index contributed by atoms with van der Waals surface area (Å²) < 4.78 is 0.857. The zero-order valence-corrected chi connectivity index (χ0v) is 8.26. The van der Waals surface area contributed by atoms with Crippen molar-refractivity contribution in [2.45, 2.75) is 0 Å². The Morgan fingerprint density at radius 1 is 1.46 bits per heavy atom. The molecule has 1 rings (SSSR count). The van der Waals surface area contributed by atoms with Gasteiger partial charge in [-0.1, -0.05) is 21.9 Å². The van der Waals surface area contributed by atoms with E-state index < -0.39 is 5.91 Å². The molecule has 1 amide bonds. The Labute approximate surface area is 84.2 Å². The van der Waals surface area contributed by atoms with Crippen molar-refractivity contribution in [3.05, 3.63) is 28.2 Å². The van der Waals surface area contributed by atoms with Crippen LogP contribution in [-0.2, 0) is 4.79 Å². The fourth-order valence-electron chi connectivity index (χ4n) is 0.766. The van der Waals surface area contributed by atoms with E-state index in [9.17, 15) is 4.79 Å². The van der Waals surface area contributed by atoms with E-state index in [2.05, 4.69) is 27.8 Å². The molecular formula is C9H7BrN2O. The molecule has 0 radical (unpaired) electrons. The van der Waals surface area contributed by atoms with Crippen molar-refractivity contribution in [3.63, 3.8) is 0 Å². The van der Waals surface area contributed by atoms with Crippen LogP contribution < -0.4 is 11.5 Å². The molecule has 0 aliphatic heterocycles. The summed E-state index contributed by atoms with van der Waals surface area (Å²) in [6, 6.07) is 5.23. The predicted molar refractivity (Wildman–Crippen MR) is 54.6 cm³/mol. The number of rotatable bonds is 0. The van der Waals surface area contributed by atoms with Crippen LogP contribution in [0.5, 0.6) is 0 Å². The van der Waals surface area contributed by atoms with E-state index in [0.717, 1.165) is 4.47 Å². The van der Waals surface area contributed by atoms with Gasteiger partial charge in [-0.15, -0.1) is 0 Å². The highest BCUT2D eigenvalue weighted by Crippen LogP contribution is 2.16. The SMILES string of the molecule is NC(=O)C#Cc1cc(Br)ccc1N. The first kappa shape index (κ1) is 9.62. The molecule has 13 heavy (non-hydrogen) atoms. The van der Waals surface area contributed by atoms with Crippen molar-refractivity contribution in [3.8, 4) is 11.8 Å². The number of amides is 1. The second kappa shape index (κ2) is 3.97. The number of hydrogen-bond donors (Lipinski definition) is 2. The molecule has 0 unspecified atom stereocenters. The molecule has 3 nitrogen and oxygen atoms in total. The number of primary amides is 1. The predicted octanol–water partition coefficient (Wildman–Crippen LogP) is 0.868. The van der Waals surface area contributed by atoms with Crippen LogP contribution in [0.4, 0.5) is 5.69 Å². The van der Waals surface area contributed by atoms with Crippen molar-refractivity contribution in [2.24, 2.45) is 5.73 Å². The first-order valence-electron chi connectivity index (χ1n) is 3.46. The average molecular weight is 239 g/mol. The van der Waals surface area contributed by atoms with E-state index >= 15 is 0 Å². The molecule has 0 aliphatic rings. The van der Waals surface area contributed by atoms with Gasteiger partial charge in [0.25, 0.3) is 5.91 Å². The topological polar surface area (TPSA) is 69.1 Å². The van der Waals surface area contributed by atoms with Crippen LogP contribution in [0.15, 0.2) is 22.7 Å². The number of carbonyl (C=O) groups is 1. The van der Waals surface area contributed by atoms with Gasteiger partial charge in [-0.3, -0.25) is 4.79 Å². The quantitative estimate of drug-likeness (QED) is 0.521. The average Bonchev–Trinajstić information content (AvgIpc) is 2.06. The second-order valence-corrected chi connectivity index (χ2v) is 3.26. The first-order valence-corrected chi connectivity index (χ1v) is 4.25. The lowest BCUT2D eigenvalue weighted by Gasteiger charge is -1.97. The minimum absolute atomic E-state index is 0.525. The molecule has 0 aromatic heterocycles. The minimum Gasteiger partial charge on any atom is -0.398 e. The summed E-state index contributed by atoms with van der Waals surface area (Å²) in [5.74, 6) is 4.12. The van der Waals surface area contributed by atoms with E-state index in [-0.39, 0.29) is 0 Å². The van der Waals surface area contributed by atoms with Gasteiger partial charge in [-0.2, -0.15) is 0 Å². The summed E-state index contributed by atoms with van der Waals surface area (Å²) >= 11 is 3.26. The highest BCUT2D eigenvalue weighted by molar-refractivity contribution is 9.10. The number of benzene rings is 1. The monoisotopic (exact) mass is 238 g/mol. The Hall–Kier alpha value is -1.47. The smallest absolute Gasteiger partial charge is 0.293 e. The number of nitrogens with two attached hydrogens (primary N) is 2. The van der Waals surface area contributed by atoms with Crippen molar-refractivity contribution >= 4 is 27.5 Å². The standard InChI is InChI=1S/C9H7BrN2O/c10-7-2-3-8(11)6(5-7)1-4-9(12)13/h2-3,5H,11H2,(H2,12,13). The molecule has 4 N–H and O–H groups in total. The summed E-state index contributed by atoms with van der Waals surface area (Å²) in [5.41, 5.74) is 11.6. The lowest BCUT2D eigenvalue weighted by atomic mass is 10.2. The normalized spacial score (nSPS) is 8.69. The Morgan fingerprint density at radius 3 is 2.77 bits per heavy atom. The molecular weight excluding hydrogens is 232 g/mol. The summed E-state index contributed by atoms with van der Waals surface area (Å²) in [5, 5.41) is 0. The third-order valence-electron chi connectivity index (χ3n) is 1.34. The molecule has 0 atom stereocenters. The zero-order valence-electron chi connectivity index (χ0n) is 6.67. The Morgan fingerprint density at radius 2 is 2.15 bits per heavy atom. The summed E-state index contributed by atoms with van der Waals surface area (Å²) in [6.45, 7) is 0. The molecule has 4 heteroatoms. The summed E-state index contributed by atoms with van der Waals surface area (Å²) in [7, 11) is 0. The third kappa shape index (κ3) is 2.80. The molecule has 0 fully saturated rings. The third-order valence-corrected chi connectivity index (χ3v) is 1.83. The zero-order chi connectivity index (χ0) is 9.84. The maximum atomic E-state index is 10.4. The molecule has 0 saturated carbocycles. The van der Waals surface area contributed by atoms with Crippen molar-refractivity contribution in [1.29, 1.82) is 0 Å². The number of carbonyl (C=O) groups excluding carboxylic acids is 1. The van der Waals surface area contributed by atoms with Crippen molar-refractivity contribution in [1.82, 2.24) is 0 Å². The van der Waals surface area contributed by atoms with Gasteiger partial charge in [-0.05, 0) is 18.2 Å². The maximum absolute atomic E-state index is 10.4. The van der Waals surface area contributed by atoms with E-state index in [1.165, 1.54) is 0 Å². The Balaban J connectivity index is 3.09. The van der Waals surface area contributed by atoms with E-state index in [0.29, 0.717) is 11.3 Å². The van der Waals surface area contributed by atoms with Crippen LogP contribution in [-0.4, -0.2) is 5.91 Å². The fourth-order valence-corrected chi connectivity index (χ4v) is 1.13. The van der Waals surface area contributed by atoms with Gasteiger partial charge >= 0.3 is 0 Å². The molecule has 0 heterocycles. The number of anilines is 1. The number of hydrogen-bond acceptors (Lipinski definition) is 2. The highest BCUT2D eigenvalue weighted by atomic mass is 79.9. The highest BCUT2D eigenvalue weighted by Gasteiger charge is 1.95. The van der Waals surface area contributed by atoms with Gasteiger partial charge in [0.15, 0.2) is 0 Å². The van der Waals surface area contributed by atoms with Crippen LogP contribution in [0, 0.1) is 11.8 Å². The van der Waals surface area contributed by atoms with Crippen LogP contribution >= 0.6 is 15.9 Å². The van der Waals surface area contributed by atoms with E-state index in [1.807, 2.05) is 0 Å². The Kier molecular flexibility index (Phi) is 2.93. The largest absolute Gasteiger partial charge is 0.398 e. The number of halogens is 1. The van der Waals surface area contributed by atoms with Crippen LogP contribution in [0.2, 0.25) is 0 Å². The van der Waals surface area contributed by atoms with Gasteiger partial charge in [0.1, 0.15) is 0 Å². The molecule has 0 spiro atoms. The minimum atomic E-state index is -0.667. The Bertz CT molecular complexity index is 404. The van der Waals surface area contributed by atoms with Gasteiger partial charge in [0, 0.05) is 21.6 Å². The van der Waals surface area contributed by atoms with Crippen LogP contribution in [0.25, 0.3) is 0 Å². The summed E-state index contributed by atoms with van der Waals surface area (Å²) in [6.07, 6.45) is 0. The van der Waals surface area contributed by atoms with Gasteiger partial charge in [0.2, 0.25) is 0 Å². The van der Waals surface area contributed by atoms with Gasteiger partial charge < -0.3 is 11.5 Å². The number of nitrogen functional groups attached to an aromatic ring is 1. The second-order valence-electron chi connectivity index (χ2n) is 2.35. The van der Waals surface area contributed by atoms with E-state index in [1.54, 1.807) is 18.2 Å². The van der Waals surface area contributed by atoms with Gasteiger partial charge in [0.05, 0.1) is 0 Å². The first-order chi connectivity index (χ1) is 6.09. The lowest BCUT2D eigenvalue weighted by Crippen LogP contribution is -2.06. The van der Waals surface area contributed by atoms with Crippen molar-refractivity contribution < 1.29 is 4.79 Å². The maximum Gasteiger partial charge on any atom is 0.293 e. The summed E-state index contributed by atoms with van der Waals surface area (Å²) in [4.78, 5) is 10.4. The molecule has 0 aliphatic carbocycles. The lowest BCUT2D eigenvalue weighted by molar-refractivity contribution is -0.112. The fraction of sp³-hybridized carbons (Fsp3) is 0. The molecule has 1 aromatic carbocycles. The van der Waals surface area contributed by atoms with E-state index in [4.69, 9.17) is 11.5 Å². The molecule has 1 aromatic rings. The van der Waals surface area contributed by atoms with Gasteiger partial charge in [-0.25, -0.2) is 0 Å². The van der Waals surface area contributed by atoms with Crippen molar-refractivity contribution in [2.75, 3.05) is 5.73 Å². The van der Waals surface area contributed by atoms with Crippen LogP contribution in [0.3, 0.4) is 0 Å². The van der Waals surface area contributed by atoms with Crippen LogP contribution in [0.1, 0.15) is 5.56 Å². The molecule has 0 saturated heterocycles. The molecule has 0 bridgehead atoms.